The zero-order valence-corrected chi connectivity index (χ0v) is 13.2. The summed E-state index contributed by atoms with van der Waals surface area (Å²) < 4.78 is 7.72. The molecule has 7 heteroatoms. The summed E-state index contributed by atoms with van der Waals surface area (Å²) in [5.74, 6) is 0.670. The third kappa shape index (κ3) is 3.00. The quantitative estimate of drug-likeness (QED) is 0.794. The molecule has 1 aromatic carbocycles. The monoisotopic (exact) mass is 329 g/mol. The molecule has 1 unspecified atom stereocenters. The first kappa shape index (κ1) is 14.4. The largest absolute Gasteiger partial charge is 0.376 e. The molecule has 0 radical (unpaired) electrons. The van der Waals surface area contributed by atoms with Crippen molar-refractivity contribution in [1.82, 2.24) is 19.5 Å². The van der Waals surface area contributed by atoms with Crippen LogP contribution in [0, 0.1) is 0 Å². The molecule has 1 saturated heterocycles. The van der Waals surface area contributed by atoms with E-state index in [4.69, 9.17) is 16.3 Å². The average molecular weight is 330 g/mol. The van der Waals surface area contributed by atoms with Crippen molar-refractivity contribution in [2.45, 2.75) is 25.5 Å². The van der Waals surface area contributed by atoms with Gasteiger partial charge in [-0.05, 0) is 31.0 Å². The fourth-order valence-corrected chi connectivity index (χ4v) is 3.01. The van der Waals surface area contributed by atoms with E-state index in [0.717, 1.165) is 42.8 Å². The van der Waals surface area contributed by atoms with Gasteiger partial charge in [0.05, 0.1) is 19.0 Å². The number of hydrogen-bond acceptors (Lipinski definition) is 5. The molecule has 118 valence electrons. The lowest BCUT2D eigenvalue weighted by molar-refractivity contribution is 0.0978. The fourth-order valence-electron chi connectivity index (χ4n) is 2.82. The van der Waals surface area contributed by atoms with Crippen LogP contribution in [0.3, 0.4) is 0 Å². The number of anilines is 2. The number of hydrogen-bond donors (Lipinski definition) is 1. The summed E-state index contributed by atoms with van der Waals surface area (Å²) in [6, 6.07) is 7.50. The smallest absolute Gasteiger partial charge is 0.165 e. The van der Waals surface area contributed by atoms with Crippen molar-refractivity contribution in [3.8, 4) is 0 Å². The summed E-state index contributed by atoms with van der Waals surface area (Å²) in [6.45, 7) is 1.61. The molecule has 0 spiro atoms. The molecule has 4 rings (SSSR count). The predicted molar refractivity (Wildman–Crippen MR) is 89.0 cm³/mol. The van der Waals surface area contributed by atoms with E-state index < -0.39 is 0 Å². The van der Waals surface area contributed by atoms with Crippen molar-refractivity contribution in [3.63, 3.8) is 0 Å². The van der Waals surface area contributed by atoms with Crippen LogP contribution in [0.15, 0.2) is 36.9 Å². The van der Waals surface area contributed by atoms with Gasteiger partial charge < -0.3 is 14.6 Å². The molecule has 1 atom stereocenters. The molecule has 1 aliphatic rings. The second-order valence-electron chi connectivity index (χ2n) is 5.56. The Kier molecular flexibility index (Phi) is 3.85. The van der Waals surface area contributed by atoms with Gasteiger partial charge in [0.2, 0.25) is 0 Å². The molecule has 1 aliphatic heterocycles. The number of nitrogens with one attached hydrogen (secondary N) is 1. The number of benzene rings is 1. The van der Waals surface area contributed by atoms with Gasteiger partial charge in [-0.3, -0.25) is 0 Å². The van der Waals surface area contributed by atoms with Gasteiger partial charge >= 0.3 is 0 Å². The molecule has 3 aromatic rings. The second kappa shape index (κ2) is 6.14. The van der Waals surface area contributed by atoms with Crippen LogP contribution in [0.1, 0.15) is 12.8 Å². The fraction of sp³-hybridized carbons (Fsp3) is 0.312. The molecule has 6 nitrogen and oxygen atoms in total. The Balaban J connectivity index is 1.64. The lowest BCUT2D eigenvalue weighted by atomic mass is 10.2. The predicted octanol–water partition coefficient (Wildman–Crippen LogP) is 3.40. The van der Waals surface area contributed by atoms with Crippen molar-refractivity contribution in [3.05, 3.63) is 41.9 Å². The van der Waals surface area contributed by atoms with Gasteiger partial charge in [-0.25, -0.2) is 15.0 Å². The molecule has 0 bridgehead atoms. The van der Waals surface area contributed by atoms with Crippen LogP contribution >= 0.6 is 11.6 Å². The van der Waals surface area contributed by atoms with Crippen LogP contribution in [0.2, 0.25) is 5.02 Å². The van der Waals surface area contributed by atoms with E-state index in [1.165, 1.54) is 0 Å². The van der Waals surface area contributed by atoms with E-state index in [1.807, 2.05) is 28.8 Å². The van der Waals surface area contributed by atoms with Gasteiger partial charge in [-0.15, -0.1) is 0 Å². The highest BCUT2D eigenvalue weighted by Gasteiger charge is 2.18. The highest BCUT2D eigenvalue weighted by atomic mass is 35.5. The van der Waals surface area contributed by atoms with Crippen LogP contribution in [-0.4, -0.2) is 32.2 Å². The molecular weight excluding hydrogens is 314 g/mol. The Hall–Kier alpha value is -2.18. The molecule has 2 aromatic heterocycles. The molecule has 1 N–H and O–H groups in total. The van der Waals surface area contributed by atoms with Gasteiger partial charge in [0.15, 0.2) is 17.0 Å². The van der Waals surface area contributed by atoms with E-state index in [-0.39, 0.29) is 6.10 Å². The molecule has 0 amide bonds. The van der Waals surface area contributed by atoms with Gasteiger partial charge in [0, 0.05) is 17.3 Å². The minimum Gasteiger partial charge on any atom is -0.376 e. The van der Waals surface area contributed by atoms with E-state index in [2.05, 4.69) is 20.3 Å². The third-order valence-electron chi connectivity index (χ3n) is 3.91. The number of rotatable bonds is 4. The topological polar surface area (TPSA) is 64.9 Å². The van der Waals surface area contributed by atoms with Crippen molar-refractivity contribution < 1.29 is 4.74 Å². The summed E-state index contributed by atoms with van der Waals surface area (Å²) in [6.07, 6.45) is 5.78. The van der Waals surface area contributed by atoms with Crippen molar-refractivity contribution in [2.24, 2.45) is 0 Å². The molecule has 23 heavy (non-hydrogen) atoms. The molecular formula is C16H16ClN5O. The first-order valence-corrected chi connectivity index (χ1v) is 7.97. The maximum absolute atomic E-state index is 6.02. The summed E-state index contributed by atoms with van der Waals surface area (Å²) in [4.78, 5) is 13.1. The lowest BCUT2D eigenvalue weighted by Gasteiger charge is -2.10. The number of fused-ring (bicyclic) bond motifs is 1. The summed E-state index contributed by atoms with van der Waals surface area (Å²) >= 11 is 6.02. The number of ether oxygens (including phenoxy) is 1. The van der Waals surface area contributed by atoms with Crippen LogP contribution in [0.25, 0.3) is 11.2 Å². The first-order valence-electron chi connectivity index (χ1n) is 7.59. The minimum absolute atomic E-state index is 0.242. The van der Waals surface area contributed by atoms with Crippen LogP contribution in [0.4, 0.5) is 11.5 Å². The number of halogens is 1. The van der Waals surface area contributed by atoms with Gasteiger partial charge in [0.25, 0.3) is 0 Å². The zero-order valence-electron chi connectivity index (χ0n) is 12.4. The maximum Gasteiger partial charge on any atom is 0.165 e. The number of imidazole rings is 1. The van der Waals surface area contributed by atoms with Crippen molar-refractivity contribution in [1.29, 1.82) is 0 Å². The van der Waals surface area contributed by atoms with Crippen molar-refractivity contribution >= 4 is 34.3 Å². The summed E-state index contributed by atoms with van der Waals surface area (Å²) in [7, 11) is 0. The van der Waals surface area contributed by atoms with Crippen LogP contribution in [0.5, 0.6) is 0 Å². The number of nitrogens with zero attached hydrogens (tertiary/aromatic N) is 4. The van der Waals surface area contributed by atoms with E-state index in [1.54, 1.807) is 12.7 Å². The van der Waals surface area contributed by atoms with Gasteiger partial charge in [0.1, 0.15) is 6.33 Å². The lowest BCUT2D eigenvalue weighted by Crippen LogP contribution is -2.14. The molecule has 0 saturated carbocycles. The summed E-state index contributed by atoms with van der Waals surface area (Å²) in [5, 5.41) is 3.92. The Morgan fingerprint density at radius 2 is 2.26 bits per heavy atom. The van der Waals surface area contributed by atoms with Crippen LogP contribution in [-0.2, 0) is 11.3 Å². The van der Waals surface area contributed by atoms with E-state index in [9.17, 15) is 0 Å². The van der Waals surface area contributed by atoms with Crippen molar-refractivity contribution in [2.75, 3.05) is 11.9 Å². The Morgan fingerprint density at radius 3 is 3.09 bits per heavy atom. The molecule has 0 aliphatic carbocycles. The normalized spacial score (nSPS) is 17.7. The van der Waals surface area contributed by atoms with Gasteiger partial charge in [-0.1, -0.05) is 17.7 Å². The first-order chi connectivity index (χ1) is 11.3. The van der Waals surface area contributed by atoms with Crippen LogP contribution < -0.4 is 5.32 Å². The maximum atomic E-state index is 6.02. The van der Waals surface area contributed by atoms with E-state index in [0.29, 0.717) is 10.8 Å². The number of aromatic nitrogens is 4. The third-order valence-corrected chi connectivity index (χ3v) is 4.15. The minimum atomic E-state index is 0.242. The zero-order chi connectivity index (χ0) is 15.6. The molecule has 3 heterocycles. The summed E-state index contributed by atoms with van der Waals surface area (Å²) in [5.41, 5.74) is 2.41. The SMILES string of the molecule is Clc1cccc(Nc2ncnc3c2ncn3CC2CCCO2)c1. The average Bonchev–Trinajstić information content (AvgIpc) is 3.19. The van der Waals surface area contributed by atoms with E-state index >= 15 is 0 Å². The Morgan fingerprint density at radius 1 is 1.30 bits per heavy atom. The Bertz CT molecular complexity index is 828. The Labute approximate surface area is 138 Å². The highest BCUT2D eigenvalue weighted by Crippen LogP contribution is 2.24. The van der Waals surface area contributed by atoms with Gasteiger partial charge in [-0.2, -0.15) is 0 Å². The highest BCUT2D eigenvalue weighted by molar-refractivity contribution is 6.30. The molecule has 1 fully saturated rings. The standard InChI is InChI=1S/C16H16ClN5O/c17-11-3-1-4-12(7-11)21-15-14-16(19-9-18-15)22(10-20-14)8-13-5-2-6-23-13/h1,3-4,7,9-10,13H,2,5-6,8H2,(H,18,19,21). The second-order valence-corrected chi connectivity index (χ2v) is 6.00.